The van der Waals surface area contributed by atoms with Crippen molar-refractivity contribution in [2.45, 2.75) is 26.8 Å². The molecule has 0 amide bonds. The van der Waals surface area contributed by atoms with Crippen LogP contribution in [0, 0.1) is 6.92 Å². The molecule has 1 aromatic rings. The zero-order chi connectivity index (χ0) is 11.4. The second-order valence-electron chi connectivity index (χ2n) is 3.63. The molecule has 5 heteroatoms. The molecule has 1 heterocycles. The van der Waals surface area contributed by atoms with Crippen LogP contribution in [0.5, 0.6) is 0 Å². The van der Waals surface area contributed by atoms with E-state index in [9.17, 15) is 4.79 Å². The molecule has 0 fully saturated rings. The lowest BCUT2D eigenvalue weighted by Crippen LogP contribution is -2.36. The summed E-state index contributed by atoms with van der Waals surface area (Å²) in [4.78, 5) is 20.4. The van der Waals surface area contributed by atoms with Crippen LogP contribution < -0.4 is 4.90 Å². The van der Waals surface area contributed by atoms with Crippen LogP contribution in [0.3, 0.4) is 0 Å². The van der Waals surface area contributed by atoms with Gasteiger partial charge in [-0.15, -0.1) is 0 Å². The fourth-order valence-electron chi connectivity index (χ4n) is 1.27. The standard InChI is InChI=1S/C10H15N3O2/c1-7(2)13(5-10(14)15)9-4-8(3)11-6-12-9/h4,6-7H,5H2,1-3H3,(H,14,15). The van der Waals surface area contributed by atoms with Gasteiger partial charge in [-0.1, -0.05) is 0 Å². The number of rotatable bonds is 4. The highest BCUT2D eigenvalue weighted by molar-refractivity contribution is 5.73. The van der Waals surface area contributed by atoms with Crippen LogP contribution in [0.1, 0.15) is 19.5 Å². The molecule has 0 saturated heterocycles. The van der Waals surface area contributed by atoms with E-state index in [1.807, 2.05) is 20.8 Å². The predicted molar refractivity (Wildman–Crippen MR) is 56.9 cm³/mol. The van der Waals surface area contributed by atoms with Gasteiger partial charge in [-0.25, -0.2) is 9.97 Å². The topological polar surface area (TPSA) is 66.3 Å². The zero-order valence-corrected chi connectivity index (χ0v) is 9.14. The monoisotopic (exact) mass is 209 g/mol. The highest BCUT2D eigenvalue weighted by Gasteiger charge is 2.15. The Labute approximate surface area is 88.8 Å². The van der Waals surface area contributed by atoms with Gasteiger partial charge in [-0.3, -0.25) is 4.79 Å². The Balaban J connectivity index is 2.93. The summed E-state index contributed by atoms with van der Waals surface area (Å²) in [6.45, 7) is 5.67. The van der Waals surface area contributed by atoms with Crippen molar-refractivity contribution in [3.05, 3.63) is 18.1 Å². The molecule has 0 unspecified atom stereocenters. The SMILES string of the molecule is Cc1cc(N(CC(=O)O)C(C)C)ncn1. The first-order valence-corrected chi connectivity index (χ1v) is 4.77. The number of hydrogen-bond acceptors (Lipinski definition) is 4. The first kappa shape index (κ1) is 11.4. The van der Waals surface area contributed by atoms with Crippen LogP contribution in [0.4, 0.5) is 5.82 Å². The third-order valence-electron chi connectivity index (χ3n) is 2.01. The summed E-state index contributed by atoms with van der Waals surface area (Å²) < 4.78 is 0. The van der Waals surface area contributed by atoms with Crippen molar-refractivity contribution in [3.8, 4) is 0 Å². The molecule has 0 aliphatic heterocycles. The van der Waals surface area contributed by atoms with E-state index in [4.69, 9.17) is 5.11 Å². The third kappa shape index (κ3) is 3.19. The minimum atomic E-state index is -0.861. The molecule has 0 aliphatic carbocycles. The molecule has 0 aliphatic rings. The van der Waals surface area contributed by atoms with E-state index in [-0.39, 0.29) is 12.6 Å². The first-order chi connectivity index (χ1) is 7.00. The molecule has 5 nitrogen and oxygen atoms in total. The number of carbonyl (C=O) groups is 1. The molecule has 0 radical (unpaired) electrons. The summed E-state index contributed by atoms with van der Waals surface area (Å²) in [5.74, 6) is -0.208. The van der Waals surface area contributed by atoms with Crippen LogP contribution in [0.15, 0.2) is 12.4 Å². The van der Waals surface area contributed by atoms with E-state index in [1.165, 1.54) is 6.33 Å². The number of carboxylic acid groups (broad SMARTS) is 1. The van der Waals surface area contributed by atoms with E-state index in [0.717, 1.165) is 5.69 Å². The van der Waals surface area contributed by atoms with Gasteiger partial charge in [0.2, 0.25) is 0 Å². The first-order valence-electron chi connectivity index (χ1n) is 4.77. The second-order valence-corrected chi connectivity index (χ2v) is 3.63. The molecule has 82 valence electrons. The van der Waals surface area contributed by atoms with Crippen molar-refractivity contribution < 1.29 is 9.90 Å². The van der Waals surface area contributed by atoms with Crippen LogP contribution in [0.25, 0.3) is 0 Å². The average molecular weight is 209 g/mol. The van der Waals surface area contributed by atoms with Gasteiger partial charge in [0.05, 0.1) is 0 Å². The van der Waals surface area contributed by atoms with Crippen LogP contribution >= 0.6 is 0 Å². The lowest BCUT2D eigenvalue weighted by molar-refractivity contribution is -0.135. The van der Waals surface area contributed by atoms with Gasteiger partial charge < -0.3 is 10.0 Å². The van der Waals surface area contributed by atoms with E-state index in [2.05, 4.69) is 9.97 Å². The fourth-order valence-corrected chi connectivity index (χ4v) is 1.27. The van der Waals surface area contributed by atoms with Gasteiger partial charge in [0.25, 0.3) is 0 Å². The van der Waals surface area contributed by atoms with Gasteiger partial charge >= 0.3 is 5.97 Å². The molecule has 1 rings (SSSR count). The lowest BCUT2D eigenvalue weighted by Gasteiger charge is -2.25. The lowest BCUT2D eigenvalue weighted by atomic mass is 10.3. The van der Waals surface area contributed by atoms with E-state index < -0.39 is 5.97 Å². The second kappa shape index (κ2) is 4.72. The molecule has 0 atom stereocenters. The molecule has 0 saturated carbocycles. The van der Waals surface area contributed by atoms with Gasteiger partial charge in [0.15, 0.2) is 0 Å². The predicted octanol–water partition coefficient (Wildman–Crippen LogP) is 1.08. The smallest absolute Gasteiger partial charge is 0.323 e. The number of aromatic nitrogens is 2. The van der Waals surface area contributed by atoms with E-state index in [1.54, 1.807) is 11.0 Å². The van der Waals surface area contributed by atoms with Gasteiger partial charge in [-0.2, -0.15) is 0 Å². The van der Waals surface area contributed by atoms with Gasteiger partial charge in [-0.05, 0) is 20.8 Å². The van der Waals surface area contributed by atoms with Crippen molar-refractivity contribution >= 4 is 11.8 Å². The molecular weight excluding hydrogens is 194 g/mol. The maximum atomic E-state index is 10.7. The number of hydrogen-bond donors (Lipinski definition) is 1. The van der Waals surface area contributed by atoms with Crippen molar-refractivity contribution in [2.75, 3.05) is 11.4 Å². The van der Waals surface area contributed by atoms with Crippen molar-refractivity contribution in [3.63, 3.8) is 0 Å². The van der Waals surface area contributed by atoms with E-state index >= 15 is 0 Å². The summed E-state index contributed by atoms with van der Waals surface area (Å²) in [5, 5.41) is 8.78. The van der Waals surface area contributed by atoms with E-state index in [0.29, 0.717) is 5.82 Å². The average Bonchev–Trinajstić information content (AvgIpc) is 2.13. The Morgan fingerprint density at radius 2 is 2.20 bits per heavy atom. The number of aryl methyl sites for hydroxylation is 1. The van der Waals surface area contributed by atoms with Crippen LogP contribution in [-0.4, -0.2) is 33.6 Å². The molecule has 0 bridgehead atoms. The molecule has 0 spiro atoms. The van der Waals surface area contributed by atoms with Crippen molar-refractivity contribution in [1.82, 2.24) is 9.97 Å². The number of anilines is 1. The van der Waals surface area contributed by atoms with Crippen molar-refractivity contribution in [1.29, 1.82) is 0 Å². The van der Waals surface area contributed by atoms with Crippen LogP contribution in [-0.2, 0) is 4.79 Å². The maximum absolute atomic E-state index is 10.7. The number of nitrogens with zero attached hydrogens (tertiary/aromatic N) is 3. The summed E-state index contributed by atoms with van der Waals surface area (Å²) in [5.41, 5.74) is 0.830. The van der Waals surface area contributed by atoms with Crippen molar-refractivity contribution in [2.24, 2.45) is 0 Å². The fraction of sp³-hybridized carbons (Fsp3) is 0.500. The number of aliphatic carboxylic acids is 1. The maximum Gasteiger partial charge on any atom is 0.323 e. The quantitative estimate of drug-likeness (QED) is 0.803. The van der Waals surface area contributed by atoms with Gasteiger partial charge in [0.1, 0.15) is 18.7 Å². The third-order valence-corrected chi connectivity index (χ3v) is 2.01. The Kier molecular flexibility index (Phi) is 3.60. The Morgan fingerprint density at radius 1 is 1.53 bits per heavy atom. The highest BCUT2D eigenvalue weighted by Crippen LogP contribution is 2.13. The molecule has 15 heavy (non-hydrogen) atoms. The minimum absolute atomic E-state index is 0.0475. The Hall–Kier alpha value is -1.65. The zero-order valence-electron chi connectivity index (χ0n) is 9.14. The van der Waals surface area contributed by atoms with Gasteiger partial charge in [0, 0.05) is 17.8 Å². The highest BCUT2D eigenvalue weighted by atomic mass is 16.4. The summed E-state index contributed by atoms with van der Waals surface area (Å²) in [6.07, 6.45) is 1.45. The Morgan fingerprint density at radius 3 is 2.67 bits per heavy atom. The molecule has 0 aromatic carbocycles. The minimum Gasteiger partial charge on any atom is -0.480 e. The largest absolute Gasteiger partial charge is 0.480 e. The number of carboxylic acids is 1. The Bertz CT molecular complexity index is 352. The summed E-state index contributed by atoms with van der Waals surface area (Å²) in [7, 11) is 0. The summed E-state index contributed by atoms with van der Waals surface area (Å²) >= 11 is 0. The normalized spacial score (nSPS) is 10.4. The molecular formula is C10H15N3O2. The molecule has 1 aromatic heterocycles. The van der Waals surface area contributed by atoms with Crippen LogP contribution in [0.2, 0.25) is 0 Å². The molecule has 1 N–H and O–H groups in total. The summed E-state index contributed by atoms with van der Waals surface area (Å²) in [6, 6.07) is 1.87.